The van der Waals surface area contributed by atoms with Crippen molar-refractivity contribution >= 4 is 26.8 Å². The number of aromatic nitrogens is 1. The van der Waals surface area contributed by atoms with Gasteiger partial charge in [-0.05, 0) is 30.3 Å². The molecule has 0 bridgehead atoms. The van der Waals surface area contributed by atoms with Crippen molar-refractivity contribution in [1.29, 1.82) is 5.26 Å². The van der Waals surface area contributed by atoms with Crippen LogP contribution in [0.3, 0.4) is 0 Å². The van der Waals surface area contributed by atoms with Gasteiger partial charge in [-0.25, -0.2) is 0 Å². The predicted octanol–water partition coefficient (Wildman–Crippen LogP) is 4.35. The zero-order valence-corrected chi connectivity index (χ0v) is 12.9. The van der Waals surface area contributed by atoms with Gasteiger partial charge >= 0.3 is 0 Å². The van der Waals surface area contributed by atoms with Crippen LogP contribution in [0.15, 0.2) is 59.2 Å². The van der Waals surface area contributed by atoms with Crippen molar-refractivity contribution in [3.8, 4) is 11.8 Å². The minimum Gasteiger partial charge on any atom is -0.492 e. The first-order valence-electron chi connectivity index (χ1n) is 6.64. The van der Waals surface area contributed by atoms with Crippen molar-refractivity contribution in [3.63, 3.8) is 0 Å². The minimum absolute atomic E-state index is 0.564. The van der Waals surface area contributed by atoms with Crippen LogP contribution in [-0.2, 0) is 6.54 Å². The summed E-state index contributed by atoms with van der Waals surface area (Å²) in [5.74, 6) is 0.859. The zero-order chi connectivity index (χ0) is 14.7. The third-order valence-corrected chi connectivity index (χ3v) is 3.80. The molecule has 0 unspecified atom stereocenters. The molecule has 0 atom stereocenters. The predicted molar refractivity (Wildman–Crippen MR) is 86.3 cm³/mol. The Balaban J connectivity index is 1.80. The smallest absolute Gasteiger partial charge is 0.119 e. The normalized spacial score (nSPS) is 10.5. The van der Waals surface area contributed by atoms with Gasteiger partial charge in [-0.2, -0.15) is 5.26 Å². The monoisotopic (exact) mass is 340 g/mol. The Hall–Kier alpha value is -2.25. The Kier molecular flexibility index (Phi) is 3.94. The summed E-state index contributed by atoms with van der Waals surface area (Å²) in [7, 11) is 0. The standard InChI is InChI=1S/C17H13BrN2O/c18-14-6-7-17-16(10-14)13(11-19)12-20(17)8-9-21-15-4-2-1-3-5-15/h1-7,10,12H,8-9H2. The largest absolute Gasteiger partial charge is 0.492 e. The fraction of sp³-hybridized carbons (Fsp3) is 0.118. The van der Waals surface area contributed by atoms with Crippen molar-refractivity contribution < 1.29 is 4.74 Å². The molecule has 0 saturated heterocycles. The van der Waals surface area contributed by atoms with Crippen LogP contribution in [0.25, 0.3) is 10.9 Å². The molecule has 0 spiro atoms. The fourth-order valence-corrected chi connectivity index (χ4v) is 2.68. The van der Waals surface area contributed by atoms with Crippen LogP contribution in [0, 0.1) is 11.3 Å². The Morgan fingerprint density at radius 1 is 1.14 bits per heavy atom. The second-order valence-electron chi connectivity index (χ2n) is 4.67. The second-order valence-corrected chi connectivity index (χ2v) is 5.59. The van der Waals surface area contributed by atoms with E-state index >= 15 is 0 Å². The SMILES string of the molecule is N#Cc1cn(CCOc2ccccc2)c2ccc(Br)cc12. The molecule has 0 aliphatic heterocycles. The molecule has 0 N–H and O–H groups in total. The van der Waals surface area contributed by atoms with Crippen LogP contribution in [-0.4, -0.2) is 11.2 Å². The van der Waals surface area contributed by atoms with E-state index in [2.05, 4.69) is 26.6 Å². The number of nitrogens with zero attached hydrogens (tertiary/aromatic N) is 2. The first kappa shape index (κ1) is 13.7. The number of rotatable bonds is 4. The first-order chi connectivity index (χ1) is 10.3. The van der Waals surface area contributed by atoms with Crippen LogP contribution < -0.4 is 4.74 Å². The number of hydrogen-bond acceptors (Lipinski definition) is 2. The highest BCUT2D eigenvalue weighted by Gasteiger charge is 2.08. The van der Waals surface area contributed by atoms with Crippen LogP contribution in [0.5, 0.6) is 5.75 Å². The summed E-state index contributed by atoms with van der Waals surface area (Å²) in [6, 6.07) is 18.0. The molecular weight excluding hydrogens is 328 g/mol. The molecule has 3 rings (SSSR count). The van der Waals surface area contributed by atoms with Crippen LogP contribution in [0.1, 0.15) is 5.56 Å². The molecule has 2 aromatic carbocycles. The lowest BCUT2D eigenvalue weighted by Gasteiger charge is -2.08. The van der Waals surface area contributed by atoms with Crippen molar-refractivity contribution in [1.82, 2.24) is 4.57 Å². The van der Waals surface area contributed by atoms with Gasteiger partial charge in [-0.15, -0.1) is 0 Å². The highest BCUT2D eigenvalue weighted by atomic mass is 79.9. The van der Waals surface area contributed by atoms with Gasteiger partial charge in [-0.3, -0.25) is 0 Å². The molecule has 0 amide bonds. The quantitative estimate of drug-likeness (QED) is 0.707. The summed E-state index contributed by atoms with van der Waals surface area (Å²) >= 11 is 3.44. The summed E-state index contributed by atoms with van der Waals surface area (Å²) in [6.07, 6.45) is 1.88. The van der Waals surface area contributed by atoms with E-state index in [1.165, 1.54) is 0 Å². The lowest BCUT2D eigenvalue weighted by Crippen LogP contribution is -2.07. The third kappa shape index (κ3) is 2.93. The summed E-state index contributed by atoms with van der Waals surface area (Å²) in [5, 5.41) is 10.2. The van der Waals surface area contributed by atoms with E-state index in [4.69, 9.17) is 4.74 Å². The van der Waals surface area contributed by atoms with E-state index in [0.717, 1.165) is 21.1 Å². The van der Waals surface area contributed by atoms with Gasteiger partial charge in [0.05, 0.1) is 12.1 Å². The van der Waals surface area contributed by atoms with Gasteiger partial charge in [0.1, 0.15) is 18.4 Å². The maximum Gasteiger partial charge on any atom is 0.119 e. The Morgan fingerprint density at radius 3 is 2.71 bits per heavy atom. The van der Waals surface area contributed by atoms with Gasteiger partial charge < -0.3 is 9.30 Å². The average Bonchev–Trinajstić information content (AvgIpc) is 2.85. The number of hydrogen-bond donors (Lipinski definition) is 0. The molecule has 0 aliphatic carbocycles. The molecule has 0 fully saturated rings. The van der Waals surface area contributed by atoms with Crippen molar-refractivity contribution in [3.05, 3.63) is 64.8 Å². The molecule has 0 aliphatic rings. The number of ether oxygens (including phenoxy) is 1. The fourth-order valence-electron chi connectivity index (χ4n) is 2.32. The first-order valence-corrected chi connectivity index (χ1v) is 7.43. The van der Waals surface area contributed by atoms with E-state index < -0.39 is 0 Å². The molecule has 0 saturated carbocycles. The zero-order valence-electron chi connectivity index (χ0n) is 11.3. The number of fused-ring (bicyclic) bond motifs is 1. The summed E-state index contributed by atoms with van der Waals surface area (Å²) < 4.78 is 8.75. The van der Waals surface area contributed by atoms with Gasteiger partial charge in [-0.1, -0.05) is 34.1 Å². The second kappa shape index (κ2) is 6.02. The molecule has 3 aromatic rings. The molecule has 21 heavy (non-hydrogen) atoms. The molecule has 0 radical (unpaired) electrons. The maximum atomic E-state index is 9.23. The Labute approximate surface area is 131 Å². The minimum atomic E-state index is 0.564. The van der Waals surface area contributed by atoms with Gasteiger partial charge in [0.25, 0.3) is 0 Å². The Bertz CT molecular complexity index is 803. The number of nitriles is 1. The molecule has 3 nitrogen and oxygen atoms in total. The molecule has 1 aromatic heterocycles. The van der Waals surface area contributed by atoms with Gasteiger partial charge in [0, 0.05) is 21.6 Å². The highest BCUT2D eigenvalue weighted by Crippen LogP contribution is 2.24. The van der Waals surface area contributed by atoms with Crippen LogP contribution in [0.2, 0.25) is 0 Å². The number of para-hydroxylation sites is 1. The van der Waals surface area contributed by atoms with Crippen LogP contribution >= 0.6 is 15.9 Å². The van der Waals surface area contributed by atoms with E-state index in [1.54, 1.807) is 0 Å². The number of halogens is 1. The molecule has 4 heteroatoms. The van der Waals surface area contributed by atoms with Crippen molar-refractivity contribution in [2.75, 3.05) is 6.61 Å². The summed E-state index contributed by atoms with van der Waals surface area (Å²) in [4.78, 5) is 0. The van der Waals surface area contributed by atoms with E-state index in [0.29, 0.717) is 18.7 Å². The molecule has 104 valence electrons. The van der Waals surface area contributed by atoms with E-state index in [1.807, 2.05) is 54.7 Å². The van der Waals surface area contributed by atoms with E-state index in [-0.39, 0.29) is 0 Å². The molecular formula is C17H13BrN2O. The lowest BCUT2D eigenvalue weighted by atomic mass is 10.2. The topological polar surface area (TPSA) is 38.0 Å². The maximum absolute atomic E-state index is 9.23. The average molecular weight is 341 g/mol. The summed E-state index contributed by atoms with van der Waals surface area (Å²) in [5.41, 5.74) is 1.73. The van der Waals surface area contributed by atoms with Gasteiger partial charge in [0.2, 0.25) is 0 Å². The van der Waals surface area contributed by atoms with E-state index in [9.17, 15) is 5.26 Å². The summed E-state index contributed by atoms with van der Waals surface area (Å²) in [6.45, 7) is 1.27. The third-order valence-electron chi connectivity index (χ3n) is 3.31. The van der Waals surface area contributed by atoms with Gasteiger partial charge in [0.15, 0.2) is 0 Å². The van der Waals surface area contributed by atoms with Crippen molar-refractivity contribution in [2.45, 2.75) is 6.54 Å². The number of benzene rings is 2. The highest BCUT2D eigenvalue weighted by molar-refractivity contribution is 9.10. The van der Waals surface area contributed by atoms with Crippen molar-refractivity contribution in [2.24, 2.45) is 0 Å². The Morgan fingerprint density at radius 2 is 1.95 bits per heavy atom. The lowest BCUT2D eigenvalue weighted by molar-refractivity contribution is 0.300. The van der Waals surface area contributed by atoms with Crippen LogP contribution in [0.4, 0.5) is 0 Å². The molecule has 1 heterocycles.